The average molecular weight is 381 g/mol. The molecule has 0 radical (unpaired) electrons. The number of carboxylic acids is 1. The molecule has 148 valence electrons. The molecular weight excluding hydrogens is 354 g/mol. The van der Waals surface area contributed by atoms with Crippen molar-refractivity contribution >= 4 is 11.9 Å². The summed E-state index contributed by atoms with van der Waals surface area (Å²) < 4.78 is 0. The van der Waals surface area contributed by atoms with E-state index in [-0.39, 0.29) is 11.8 Å². The fraction of sp³-hybridized carbons (Fsp3) is 0.409. The number of nitrogens with one attached hydrogen (secondary N) is 1. The number of hydrogen-bond donors (Lipinski definition) is 2. The molecule has 1 aromatic heterocycles. The van der Waals surface area contributed by atoms with Gasteiger partial charge in [0.2, 0.25) is 5.91 Å². The van der Waals surface area contributed by atoms with Gasteiger partial charge in [-0.05, 0) is 43.0 Å². The van der Waals surface area contributed by atoms with Crippen LogP contribution in [0.25, 0.3) is 0 Å². The normalized spacial score (nSPS) is 19.9. The van der Waals surface area contributed by atoms with Crippen LogP contribution in [0.5, 0.6) is 0 Å². The maximum absolute atomic E-state index is 12.6. The SMILES string of the molecule is O=C(O)[C@H]1C[C@H](C(=O)NCc2cccnc2)CN(CCCc2ccccc2)C1. The number of nitrogens with zero attached hydrogens (tertiary/aromatic N) is 2. The summed E-state index contributed by atoms with van der Waals surface area (Å²) in [5.41, 5.74) is 2.21. The minimum atomic E-state index is -0.821. The molecule has 1 aromatic carbocycles. The van der Waals surface area contributed by atoms with Crippen LogP contribution in [0.15, 0.2) is 54.9 Å². The second-order valence-electron chi connectivity index (χ2n) is 7.40. The Hall–Kier alpha value is -2.73. The number of pyridine rings is 1. The van der Waals surface area contributed by atoms with E-state index in [9.17, 15) is 14.7 Å². The molecule has 2 N–H and O–H groups in total. The van der Waals surface area contributed by atoms with Crippen LogP contribution in [0.2, 0.25) is 0 Å². The van der Waals surface area contributed by atoms with Gasteiger partial charge in [-0.15, -0.1) is 0 Å². The Kier molecular flexibility index (Phi) is 7.14. The zero-order chi connectivity index (χ0) is 19.8. The Balaban J connectivity index is 1.53. The zero-order valence-electron chi connectivity index (χ0n) is 16.0. The van der Waals surface area contributed by atoms with Crippen LogP contribution >= 0.6 is 0 Å². The van der Waals surface area contributed by atoms with Gasteiger partial charge in [-0.1, -0.05) is 36.4 Å². The monoisotopic (exact) mass is 381 g/mol. The molecule has 1 aliphatic heterocycles. The Labute approximate surface area is 165 Å². The predicted molar refractivity (Wildman–Crippen MR) is 107 cm³/mol. The highest BCUT2D eigenvalue weighted by Crippen LogP contribution is 2.23. The summed E-state index contributed by atoms with van der Waals surface area (Å²) in [5, 5.41) is 12.4. The number of aryl methyl sites for hydroxylation is 1. The standard InChI is InChI=1S/C22H27N3O3/c26-21(24-14-18-8-4-10-23-13-18)19-12-20(22(27)28)16-25(15-19)11-5-9-17-6-2-1-3-7-17/h1-4,6-8,10,13,19-20H,5,9,11-12,14-16H2,(H,24,26)(H,27,28)/t19-,20-/m0/s1. The number of benzene rings is 1. The first kappa shape index (κ1) is 20.0. The molecule has 28 heavy (non-hydrogen) atoms. The van der Waals surface area contributed by atoms with Gasteiger partial charge in [0, 0.05) is 32.0 Å². The van der Waals surface area contributed by atoms with Gasteiger partial charge in [-0.25, -0.2) is 0 Å². The van der Waals surface area contributed by atoms with Crippen molar-refractivity contribution in [2.75, 3.05) is 19.6 Å². The summed E-state index contributed by atoms with van der Waals surface area (Å²) in [7, 11) is 0. The van der Waals surface area contributed by atoms with E-state index in [0.29, 0.717) is 26.1 Å². The Morgan fingerprint density at radius 3 is 2.54 bits per heavy atom. The van der Waals surface area contributed by atoms with Crippen molar-refractivity contribution in [3.63, 3.8) is 0 Å². The summed E-state index contributed by atoms with van der Waals surface area (Å²) in [4.78, 5) is 30.4. The second kappa shape index (κ2) is 9.99. The number of piperidine rings is 1. The van der Waals surface area contributed by atoms with E-state index in [2.05, 4.69) is 27.3 Å². The van der Waals surface area contributed by atoms with E-state index in [1.54, 1.807) is 12.4 Å². The molecule has 2 heterocycles. The molecule has 0 bridgehead atoms. The van der Waals surface area contributed by atoms with E-state index in [4.69, 9.17) is 0 Å². The number of hydrogen-bond acceptors (Lipinski definition) is 4. The van der Waals surface area contributed by atoms with Gasteiger partial charge in [0.15, 0.2) is 0 Å². The van der Waals surface area contributed by atoms with Crippen LogP contribution in [0.1, 0.15) is 24.0 Å². The van der Waals surface area contributed by atoms with Crippen molar-refractivity contribution in [2.24, 2.45) is 11.8 Å². The topological polar surface area (TPSA) is 82.5 Å². The van der Waals surface area contributed by atoms with Gasteiger partial charge in [0.05, 0.1) is 11.8 Å². The van der Waals surface area contributed by atoms with E-state index in [1.165, 1.54) is 5.56 Å². The minimum absolute atomic E-state index is 0.0807. The second-order valence-corrected chi connectivity index (χ2v) is 7.40. The molecule has 0 aliphatic carbocycles. The lowest BCUT2D eigenvalue weighted by atomic mass is 9.88. The third-order valence-electron chi connectivity index (χ3n) is 5.22. The molecule has 6 heteroatoms. The van der Waals surface area contributed by atoms with Crippen LogP contribution in [-0.2, 0) is 22.6 Å². The van der Waals surface area contributed by atoms with Crippen molar-refractivity contribution in [3.8, 4) is 0 Å². The van der Waals surface area contributed by atoms with E-state index >= 15 is 0 Å². The summed E-state index contributed by atoms with van der Waals surface area (Å²) in [5.74, 6) is -1.71. The maximum Gasteiger partial charge on any atom is 0.307 e. The summed E-state index contributed by atoms with van der Waals surface area (Å²) >= 11 is 0. The van der Waals surface area contributed by atoms with Gasteiger partial charge < -0.3 is 15.3 Å². The number of likely N-dealkylation sites (tertiary alicyclic amines) is 1. The summed E-state index contributed by atoms with van der Waals surface area (Å²) in [6.07, 6.45) is 5.70. The van der Waals surface area contributed by atoms with Gasteiger partial charge >= 0.3 is 5.97 Å². The Morgan fingerprint density at radius 2 is 1.82 bits per heavy atom. The number of carbonyl (C=O) groups is 2. The fourth-order valence-corrected chi connectivity index (χ4v) is 3.73. The highest BCUT2D eigenvalue weighted by atomic mass is 16.4. The Morgan fingerprint density at radius 1 is 1.07 bits per heavy atom. The molecule has 6 nitrogen and oxygen atoms in total. The molecule has 1 amide bonds. The minimum Gasteiger partial charge on any atom is -0.481 e. The number of amides is 1. The number of aliphatic carboxylic acids is 1. The molecule has 1 fully saturated rings. The largest absolute Gasteiger partial charge is 0.481 e. The number of carbonyl (C=O) groups excluding carboxylic acids is 1. The first-order chi connectivity index (χ1) is 13.6. The lowest BCUT2D eigenvalue weighted by Crippen LogP contribution is -2.48. The van der Waals surface area contributed by atoms with Gasteiger partial charge in [0.1, 0.15) is 0 Å². The molecule has 2 atom stereocenters. The lowest BCUT2D eigenvalue weighted by molar-refractivity contribution is -0.145. The molecule has 0 unspecified atom stereocenters. The molecular formula is C22H27N3O3. The van der Waals surface area contributed by atoms with Crippen molar-refractivity contribution < 1.29 is 14.7 Å². The quantitative estimate of drug-likeness (QED) is 0.733. The van der Waals surface area contributed by atoms with Crippen LogP contribution in [0.4, 0.5) is 0 Å². The van der Waals surface area contributed by atoms with Gasteiger partial charge in [-0.2, -0.15) is 0 Å². The van der Waals surface area contributed by atoms with Crippen LogP contribution in [0, 0.1) is 11.8 Å². The fourth-order valence-electron chi connectivity index (χ4n) is 3.73. The average Bonchev–Trinajstić information content (AvgIpc) is 2.73. The van der Waals surface area contributed by atoms with Crippen molar-refractivity contribution in [1.82, 2.24) is 15.2 Å². The van der Waals surface area contributed by atoms with Gasteiger partial charge in [0.25, 0.3) is 0 Å². The summed E-state index contributed by atoms with van der Waals surface area (Å²) in [6.45, 7) is 2.33. The zero-order valence-corrected chi connectivity index (χ0v) is 16.0. The predicted octanol–water partition coefficient (Wildman–Crippen LogP) is 2.35. The number of aromatic nitrogens is 1. The molecule has 3 rings (SSSR count). The lowest BCUT2D eigenvalue weighted by Gasteiger charge is -2.35. The van der Waals surface area contributed by atoms with Crippen LogP contribution < -0.4 is 5.32 Å². The van der Waals surface area contributed by atoms with E-state index < -0.39 is 11.9 Å². The highest BCUT2D eigenvalue weighted by Gasteiger charge is 2.34. The van der Waals surface area contributed by atoms with Crippen LogP contribution in [-0.4, -0.2) is 46.5 Å². The molecule has 0 spiro atoms. The van der Waals surface area contributed by atoms with Gasteiger partial charge in [-0.3, -0.25) is 14.6 Å². The molecule has 1 saturated heterocycles. The molecule has 1 aliphatic rings. The number of rotatable bonds is 8. The smallest absolute Gasteiger partial charge is 0.307 e. The first-order valence-electron chi connectivity index (χ1n) is 9.77. The first-order valence-corrected chi connectivity index (χ1v) is 9.77. The van der Waals surface area contributed by atoms with Crippen molar-refractivity contribution in [3.05, 3.63) is 66.0 Å². The Bertz CT molecular complexity index is 767. The van der Waals surface area contributed by atoms with Crippen LogP contribution in [0.3, 0.4) is 0 Å². The van der Waals surface area contributed by atoms with Crippen molar-refractivity contribution in [1.29, 1.82) is 0 Å². The molecule has 0 saturated carbocycles. The molecule has 2 aromatic rings. The highest BCUT2D eigenvalue weighted by molar-refractivity contribution is 5.80. The summed E-state index contributed by atoms with van der Waals surface area (Å²) in [6, 6.07) is 14.0. The maximum atomic E-state index is 12.6. The third-order valence-corrected chi connectivity index (χ3v) is 5.22. The van der Waals surface area contributed by atoms with E-state index in [1.807, 2.05) is 30.3 Å². The third kappa shape index (κ3) is 5.89. The van der Waals surface area contributed by atoms with Crippen molar-refractivity contribution in [2.45, 2.75) is 25.8 Å². The number of carboxylic acid groups (broad SMARTS) is 1. The van der Waals surface area contributed by atoms with E-state index in [0.717, 1.165) is 24.9 Å².